The second-order valence-electron chi connectivity index (χ2n) is 10.7. The Hall–Kier alpha value is -3.03. The van der Waals surface area contributed by atoms with Crippen molar-refractivity contribution in [2.75, 3.05) is 6.54 Å². The van der Waals surface area contributed by atoms with E-state index in [1.165, 1.54) is 6.07 Å². The van der Waals surface area contributed by atoms with Crippen molar-refractivity contribution in [3.8, 4) is 0 Å². The number of hydrogen-bond donors (Lipinski definition) is 1. The average molecular weight is 522 g/mol. The van der Waals surface area contributed by atoms with E-state index in [9.17, 15) is 22.7 Å². The van der Waals surface area contributed by atoms with Crippen LogP contribution in [0.15, 0.2) is 65.6 Å². The molecule has 3 unspecified atom stereocenters. The zero-order valence-corrected chi connectivity index (χ0v) is 22.1. The first kappa shape index (κ1) is 25.6. The average Bonchev–Trinajstić information content (AvgIpc) is 3.64. The van der Waals surface area contributed by atoms with Gasteiger partial charge in [0.1, 0.15) is 5.82 Å². The van der Waals surface area contributed by atoms with Gasteiger partial charge in [0, 0.05) is 19.0 Å². The Morgan fingerprint density at radius 1 is 1.11 bits per heavy atom. The van der Waals surface area contributed by atoms with Gasteiger partial charge >= 0.3 is 5.97 Å². The molecule has 0 amide bonds. The molecular formula is C30H32FNO4S. The van der Waals surface area contributed by atoms with Crippen molar-refractivity contribution in [1.82, 2.24) is 4.31 Å². The van der Waals surface area contributed by atoms with E-state index < -0.39 is 27.7 Å². The van der Waals surface area contributed by atoms with Crippen molar-refractivity contribution in [2.45, 2.75) is 56.9 Å². The monoisotopic (exact) mass is 521 g/mol. The normalized spacial score (nSPS) is 23.3. The smallest absolute Gasteiger partial charge is 0.304 e. The molecular weight excluding hydrogens is 489 g/mol. The van der Waals surface area contributed by atoms with Gasteiger partial charge in [-0.2, -0.15) is 4.31 Å². The topological polar surface area (TPSA) is 74.7 Å². The van der Waals surface area contributed by atoms with E-state index in [-0.39, 0.29) is 18.9 Å². The van der Waals surface area contributed by atoms with Gasteiger partial charge in [0.15, 0.2) is 0 Å². The van der Waals surface area contributed by atoms with E-state index in [1.54, 1.807) is 35.5 Å². The second-order valence-corrected chi connectivity index (χ2v) is 12.6. The first-order valence-electron chi connectivity index (χ1n) is 12.7. The molecule has 37 heavy (non-hydrogen) atoms. The van der Waals surface area contributed by atoms with Gasteiger partial charge in [0.25, 0.3) is 0 Å². The lowest BCUT2D eigenvalue weighted by molar-refractivity contribution is -0.137. The number of sulfonamides is 1. The fraction of sp³-hybridized carbons (Fsp3) is 0.367. The summed E-state index contributed by atoms with van der Waals surface area (Å²) in [5.41, 5.74) is 4.35. The minimum absolute atomic E-state index is 0.175. The highest BCUT2D eigenvalue weighted by molar-refractivity contribution is 7.89. The van der Waals surface area contributed by atoms with Crippen LogP contribution in [0.1, 0.15) is 65.0 Å². The van der Waals surface area contributed by atoms with Crippen molar-refractivity contribution in [1.29, 1.82) is 0 Å². The fourth-order valence-corrected chi connectivity index (χ4v) is 7.62. The van der Waals surface area contributed by atoms with E-state index in [0.29, 0.717) is 34.4 Å². The lowest BCUT2D eigenvalue weighted by Gasteiger charge is -2.29. The number of carboxylic acid groups (broad SMARTS) is 1. The summed E-state index contributed by atoms with van der Waals surface area (Å²) in [6.07, 6.45) is 0.743. The molecule has 0 bridgehead atoms. The van der Waals surface area contributed by atoms with Gasteiger partial charge in [-0.15, -0.1) is 0 Å². The maximum atomic E-state index is 14.9. The standard InChI is InChI=1S/C30H32FNO4S/c1-18-8-11-23(28(31)12-18)26(15-30(33)34)21-10-9-19(2)22(13-21)17-32-16-20(3)25-14-27(25)24-6-4-5-7-29(24)37(32,35)36/h4-13,20,25-27H,14-17H2,1-3H3,(H,33,34)/t20-,25?,26?,27?/m1/s1. The number of rotatable bonds is 6. The molecule has 0 saturated heterocycles. The van der Waals surface area contributed by atoms with Crippen molar-refractivity contribution in [3.05, 3.63) is 99.9 Å². The number of benzene rings is 3. The minimum atomic E-state index is -3.73. The molecule has 194 valence electrons. The Balaban J connectivity index is 1.54. The van der Waals surface area contributed by atoms with Gasteiger partial charge in [0.2, 0.25) is 10.0 Å². The van der Waals surface area contributed by atoms with Gasteiger partial charge in [-0.05, 0) is 83.5 Å². The summed E-state index contributed by atoms with van der Waals surface area (Å²) >= 11 is 0. The number of nitrogens with zero attached hydrogens (tertiary/aromatic N) is 1. The SMILES string of the molecule is Cc1ccc(C(CC(=O)O)c2ccc(C)c(CN3C[C@@H](C)C4CC4c4ccccc4S3(=O)=O)c2)c(F)c1. The number of halogens is 1. The third-order valence-electron chi connectivity index (χ3n) is 8.03. The zero-order chi connectivity index (χ0) is 26.5. The number of aliphatic carboxylic acids is 1. The summed E-state index contributed by atoms with van der Waals surface area (Å²) in [5, 5.41) is 9.60. The van der Waals surface area contributed by atoms with Crippen LogP contribution in [0, 0.1) is 31.5 Å². The first-order chi connectivity index (χ1) is 17.6. The van der Waals surface area contributed by atoms with Gasteiger partial charge < -0.3 is 5.11 Å². The van der Waals surface area contributed by atoms with Gasteiger partial charge in [-0.3, -0.25) is 4.79 Å². The van der Waals surface area contributed by atoms with Gasteiger partial charge in [0.05, 0.1) is 11.3 Å². The highest BCUT2D eigenvalue weighted by Gasteiger charge is 2.47. The van der Waals surface area contributed by atoms with Crippen LogP contribution in [0.5, 0.6) is 0 Å². The highest BCUT2D eigenvalue weighted by atomic mass is 32.2. The van der Waals surface area contributed by atoms with Crippen molar-refractivity contribution >= 4 is 16.0 Å². The molecule has 3 aromatic carbocycles. The molecule has 1 aliphatic heterocycles. The number of aryl methyl sites for hydroxylation is 2. The van der Waals surface area contributed by atoms with Crippen LogP contribution in [-0.4, -0.2) is 30.3 Å². The van der Waals surface area contributed by atoms with Crippen LogP contribution in [0.2, 0.25) is 0 Å². The van der Waals surface area contributed by atoms with Crippen molar-refractivity contribution in [2.24, 2.45) is 11.8 Å². The summed E-state index contributed by atoms with van der Waals surface area (Å²) in [6.45, 7) is 6.42. The number of carboxylic acids is 1. The summed E-state index contributed by atoms with van der Waals surface area (Å²) in [5.74, 6) is -1.16. The van der Waals surface area contributed by atoms with Gasteiger partial charge in [-0.25, -0.2) is 12.8 Å². The van der Waals surface area contributed by atoms with E-state index >= 15 is 0 Å². The molecule has 5 nitrogen and oxygen atoms in total. The predicted molar refractivity (Wildman–Crippen MR) is 140 cm³/mol. The van der Waals surface area contributed by atoms with E-state index in [0.717, 1.165) is 28.7 Å². The minimum Gasteiger partial charge on any atom is -0.481 e. The Kier molecular flexibility index (Phi) is 6.71. The molecule has 0 radical (unpaired) electrons. The predicted octanol–water partition coefficient (Wildman–Crippen LogP) is 5.99. The van der Waals surface area contributed by atoms with Gasteiger partial charge in [-0.1, -0.05) is 55.5 Å². The van der Waals surface area contributed by atoms with Crippen LogP contribution in [0.3, 0.4) is 0 Å². The van der Waals surface area contributed by atoms with Crippen LogP contribution in [-0.2, 0) is 21.4 Å². The van der Waals surface area contributed by atoms with Crippen LogP contribution < -0.4 is 0 Å². The summed E-state index contributed by atoms with van der Waals surface area (Å²) < 4.78 is 44.2. The van der Waals surface area contributed by atoms with E-state index in [2.05, 4.69) is 6.92 Å². The molecule has 0 aromatic heterocycles. The summed E-state index contributed by atoms with van der Waals surface area (Å²) in [6, 6.07) is 17.7. The van der Waals surface area contributed by atoms with Crippen molar-refractivity contribution < 1.29 is 22.7 Å². The third-order valence-corrected chi connectivity index (χ3v) is 9.92. The Morgan fingerprint density at radius 3 is 2.59 bits per heavy atom. The largest absolute Gasteiger partial charge is 0.481 e. The molecule has 2 aliphatic rings. The third kappa shape index (κ3) is 4.94. The molecule has 3 aromatic rings. The van der Waals surface area contributed by atoms with Crippen LogP contribution >= 0.6 is 0 Å². The van der Waals surface area contributed by atoms with E-state index in [4.69, 9.17) is 0 Å². The molecule has 5 rings (SSSR count). The molecule has 1 saturated carbocycles. The Morgan fingerprint density at radius 2 is 1.86 bits per heavy atom. The fourth-order valence-electron chi connectivity index (χ4n) is 5.83. The van der Waals surface area contributed by atoms with E-state index in [1.807, 2.05) is 37.3 Å². The number of carbonyl (C=O) groups is 1. The molecule has 0 spiro atoms. The second kappa shape index (κ2) is 9.69. The molecule has 1 fully saturated rings. The lowest BCUT2D eigenvalue weighted by atomic mass is 9.86. The quantitative estimate of drug-likeness (QED) is 0.432. The molecule has 4 atom stereocenters. The summed E-state index contributed by atoms with van der Waals surface area (Å²) in [4.78, 5) is 12.1. The highest BCUT2D eigenvalue weighted by Crippen LogP contribution is 2.55. The van der Waals surface area contributed by atoms with Crippen molar-refractivity contribution in [3.63, 3.8) is 0 Å². The maximum absolute atomic E-state index is 14.9. The molecule has 1 heterocycles. The lowest BCUT2D eigenvalue weighted by Crippen LogP contribution is -2.36. The van der Waals surface area contributed by atoms with Crippen LogP contribution in [0.25, 0.3) is 0 Å². The number of fused-ring (bicyclic) bond motifs is 3. The molecule has 1 aliphatic carbocycles. The number of hydrogen-bond acceptors (Lipinski definition) is 3. The van der Waals surface area contributed by atoms with Crippen LogP contribution in [0.4, 0.5) is 4.39 Å². The maximum Gasteiger partial charge on any atom is 0.304 e. The Bertz CT molecular complexity index is 1470. The Labute approximate surface area is 218 Å². The zero-order valence-electron chi connectivity index (χ0n) is 21.3. The summed E-state index contributed by atoms with van der Waals surface area (Å²) in [7, 11) is -3.73. The first-order valence-corrected chi connectivity index (χ1v) is 14.2. The molecule has 7 heteroatoms. The molecule has 1 N–H and O–H groups in total.